The van der Waals surface area contributed by atoms with Crippen LogP contribution in [-0.2, 0) is 20.0 Å². The Morgan fingerprint density at radius 2 is 1.67 bits per heavy atom. The number of hydrogen-bond donors (Lipinski definition) is 1. The molecule has 120 valence electrons. The summed E-state index contributed by atoms with van der Waals surface area (Å²) in [5, 5.41) is 0. The minimum Gasteiger partial charge on any atom is -0.212 e. The number of halogens is 1. The monoisotopic (exact) mass is 338 g/mol. The Labute approximate surface area is 125 Å². The van der Waals surface area contributed by atoms with Crippen molar-refractivity contribution in [1.29, 1.82) is 0 Å². The first-order valence-corrected chi connectivity index (χ1v) is 9.56. The quantitative estimate of drug-likeness (QED) is 0.759. The highest BCUT2D eigenvalue weighted by molar-refractivity contribution is 7.90. The van der Waals surface area contributed by atoms with Crippen molar-refractivity contribution >= 4 is 20.0 Å². The normalized spacial score (nSPS) is 12.8. The van der Waals surface area contributed by atoms with E-state index in [1.54, 1.807) is 13.8 Å². The fraction of sp³-hybridized carbons (Fsp3) is 0.500. The molecule has 0 amide bonds. The largest absolute Gasteiger partial charge is 0.243 e. The molecule has 0 saturated carbocycles. The van der Waals surface area contributed by atoms with Gasteiger partial charge in [-0.1, -0.05) is 26.0 Å². The topological polar surface area (TPSA) is 83.6 Å². The zero-order valence-electron chi connectivity index (χ0n) is 11.9. The highest BCUT2D eigenvalue weighted by Crippen LogP contribution is 2.12. The van der Waals surface area contributed by atoms with Crippen molar-refractivity contribution in [3.63, 3.8) is 0 Å². The second-order valence-electron chi connectivity index (χ2n) is 4.23. The molecule has 1 aromatic rings. The number of rotatable bonds is 8. The molecule has 0 spiro atoms. The average molecular weight is 338 g/mol. The van der Waals surface area contributed by atoms with Gasteiger partial charge in [0.15, 0.2) is 0 Å². The third kappa shape index (κ3) is 4.73. The fourth-order valence-corrected chi connectivity index (χ4v) is 4.43. The van der Waals surface area contributed by atoms with Crippen LogP contribution in [0.3, 0.4) is 0 Å². The molecule has 0 saturated heterocycles. The van der Waals surface area contributed by atoms with Gasteiger partial charge in [0.2, 0.25) is 20.0 Å². The molecule has 0 unspecified atom stereocenters. The first kappa shape index (κ1) is 18.0. The molecule has 0 aliphatic carbocycles. The SMILES string of the molecule is CCN(CC)S(=O)(=O)CCNS(=O)(=O)c1ccccc1F. The van der Waals surface area contributed by atoms with Crippen LogP contribution in [0.15, 0.2) is 29.2 Å². The van der Waals surface area contributed by atoms with E-state index in [-0.39, 0.29) is 12.3 Å². The van der Waals surface area contributed by atoms with Crippen LogP contribution in [0.5, 0.6) is 0 Å². The first-order chi connectivity index (χ1) is 9.74. The summed E-state index contributed by atoms with van der Waals surface area (Å²) in [4.78, 5) is -0.495. The second-order valence-corrected chi connectivity index (χ2v) is 8.05. The average Bonchev–Trinajstić information content (AvgIpc) is 2.39. The molecule has 0 aromatic heterocycles. The lowest BCUT2D eigenvalue weighted by Gasteiger charge is -2.18. The summed E-state index contributed by atoms with van der Waals surface area (Å²) < 4.78 is 64.4. The molecule has 1 N–H and O–H groups in total. The Morgan fingerprint density at radius 1 is 1.10 bits per heavy atom. The van der Waals surface area contributed by atoms with Crippen molar-refractivity contribution in [1.82, 2.24) is 9.03 Å². The van der Waals surface area contributed by atoms with Crippen LogP contribution >= 0.6 is 0 Å². The van der Waals surface area contributed by atoms with E-state index in [9.17, 15) is 21.2 Å². The van der Waals surface area contributed by atoms with Gasteiger partial charge in [0.05, 0.1) is 5.75 Å². The lowest BCUT2D eigenvalue weighted by Crippen LogP contribution is -2.37. The van der Waals surface area contributed by atoms with Crippen LogP contribution in [0.1, 0.15) is 13.8 Å². The van der Waals surface area contributed by atoms with Crippen molar-refractivity contribution in [2.24, 2.45) is 0 Å². The highest BCUT2D eigenvalue weighted by Gasteiger charge is 2.22. The molecule has 0 fully saturated rings. The van der Waals surface area contributed by atoms with Gasteiger partial charge in [0, 0.05) is 19.6 Å². The number of nitrogens with zero attached hydrogens (tertiary/aromatic N) is 1. The lowest BCUT2D eigenvalue weighted by molar-refractivity contribution is 0.445. The van der Waals surface area contributed by atoms with Crippen LogP contribution < -0.4 is 4.72 Å². The molecule has 0 aliphatic heterocycles. The van der Waals surface area contributed by atoms with Gasteiger partial charge in [-0.05, 0) is 12.1 Å². The van der Waals surface area contributed by atoms with Gasteiger partial charge < -0.3 is 0 Å². The van der Waals surface area contributed by atoms with Gasteiger partial charge in [-0.2, -0.15) is 0 Å². The zero-order chi connectivity index (χ0) is 16.1. The number of hydrogen-bond acceptors (Lipinski definition) is 4. The Balaban J connectivity index is 2.74. The predicted octanol–water partition coefficient (Wildman–Crippen LogP) is 0.776. The van der Waals surface area contributed by atoms with E-state index in [1.165, 1.54) is 16.4 Å². The Bertz CT molecular complexity index is 670. The molecule has 21 heavy (non-hydrogen) atoms. The van der Waals surface area contributed by atoms with Gasteiger partial charge in [0.25, 0.3) is 0 Å². The molecule has 9 heteroatoms. The summed E-state index contributed by atoms with van der Waals surface area (Å²) in [6, 6.07) is 4.92. The van der Waals surface area contributed by atoms with Crippen LogP contribution in [0.25, 0.3) is 0 Å². The fourth-order valence-electron chi connectivity index (χ4n) is 1.79. The third-order valence-electron chi connectivity index (χ3n) is 2.88. The summed E-state index contributed by atoms with van der Waals surface area (Å²) in [7, 11) is -7.59. The molecule has 0 atom stereocenters. The van der Waals surface area contributed by atoms with Gasteiger partial charge in [-0.25, -0.2) is 30.3 Å². The van der Waals surface area contributed by atoms with Gasteiger partial charge in [0.1, 0.15) is 10.7 Å². The molecule has 1 aromatic carbocycles. The summed E-state index contributed by atoms with van der Waals surface area (Å²) in [6.45, 7) is 3.72. The molecule has 0 heterocycles. The Kier molecular flexibility index (Phi) is 6.26. The summed E-state index contributed by atoms with van der Waals surface area (Å²) in [6.07, 6.45) is 0. The lowest BCUT2D eigenvalue weighted by atomic mass is 10.4. The number of sulfonamides is 2. The minimum absolute atomic E-state index is 0.310. The molecular formula is C12H19FN2O4S2. The van der Waals surface area contributed by atoms with Gasteiger partial charge in [-0.15, -0.1) is 0 Å². The standard InChI is InChI=1S/C12H19FN2O4S2/c1-3-15(4-2)20(16,17)10-9-14-21(18,19)12-8-6-5-7-11(12)13/h5-8,14H,3-4,9-10H2,1-2H3. The number of nitrogens with one attached hydrogen (secondary N) is 1. The smallest absolute Gasteiger partial charge is 0.212 e. The van der Waals surface area contributed by atoms with E-state index in [4.69, 9.17) is 0 Å². The maximum absolute atomic E-state index is 13.4. The van der Waals surface area contributed by atoms with Gasteiger partial charge in [-0.3, -0.25) is 0 Å². The molecule has 1 rings (SSSR count). The molecule has 0 radical (unpaired) electrons. The van der Waals surface area contributed by atoms with Crippen LogP contribution in [0.4, 0.5) is 4.39 Å². The van der Waals surface area contributed by atoms with E-state index in [1.807, 2.05) is 0 Å². The van der Waals surface area contributed by atoms with E-state index >= 15 is 0 Å². The predicted molar refractivity (Wildman–Crippen MR) is 78.3 cm³/mol. The van der Waals surface area contributed by atoms with Crippen LogP contribution in [0.2, 0.25) is 0 Å². The third-order valence-corrected chi connectivity index (χ3v) is 6.39. The van der Waals surface area contributed by atoms with E-state index in [0.29, 0.717) is 13.1 Å². The van der Waals surface area contributed by atoms with Crippen molar-refractivity contribution < 1.29 is 21.2 Å². The molecule has 6 nitrogen and oxygen atoms in total. The Morgan fingerprint density at radius 3 is 2.19 bits per heavy atom. The number of benzene rings is 1. The molecule has 0 bridgehead atoms. The molecular weight excluding hydrogens is 319 g/mol. The van der Waals surface area contributed by atoms with E-state index in [0.717, 1.165) is 12.1 Å². The van der Waals surface area contributed by atoms with Gasteiger partial charge >= 0.3 is 0 Å². The summed E-state index contributed by atoms with van der Waals surface area (Å²) in [5.41, 5.74) is 0. The maximum Gasteiger partial charge on any atom is 0.243 e. The van der Waals surface area contributed by atoms with E-state index in [2.05, 4.69) is 4.72 Å². The van der Waals surface area contributed by atoms with Crippen molar-refractivity contribution in [3.05, 3.63) is 30.1 Å². The Hall–Kier alpha value is -1.03. The van der Waals surface area contributed by atoms with Crippen molar-refractivity contribution in [3.8, 4) is 0 Å². The summed E-state index contributed by atoms with van der Waals surface area (Å²) in [5.74, 6) is -1.25. The highest BCUT2D eigenvalue weighted by atomic mass is 32.2. The zero-order valence-corrected chi connectivity index (χ0v) is 13.5. The van der Waals surface area contributed by atoms with Crippen molar-refractivity contribution in [2.75, 3.05) is 25.4 Å². The van der Waals surface area contributed by atoms with Crippen molar-refractivity contribution in [2.45, 2.75) is 18.7 Å². The van der Waals surface area contributed by atoms with Crippen LogP contribution in [0, 0.1) is 5.82 Å². The first-order valence-electron chi connectivity index (χ1n) is 6.46. The maximum atomic E-state index is 13.4. The van der Waals surface area contributed by atoms with Crippen LogP contribution in [-0.4, -0.2) is 46.5 Å². The summed E-state index contributed by atoms with van der Waals surface area (Å²) >= 11 is 0. The van der Waals surface area contributed by atoms with E-state index < -0.39 is 30.8 Å². The molecule has 0 aliphatic rings. The minimum atomic E-state index is -4.06. The second kappa shape index (κ2) is 7.30.